The summed E-state index contributed by atoms with van der Waals surface area (Å²) >= 11 is 0. The highest BCUT2D eigenvalue weighted by Gasteiger charge is 2.29. The maximum atomic E-state index is 12.9. The molecule has 2 aliphatic rings. The molecule has 4 rings (SSSR count). The van der Waals surface area contributed by atoms with Crippen LogP contribution < -0.4 is 4.74 Å². The molecule has 7 nitrogen and oxygen atoms in total. The normalized spacial score (nSPS) is 21.3. The Labute approximate surface area is 159 Å². The molecule has 1 atom stereocenters. The number of likely N-dealkylation sites (tertiary alicyclic amines) is 1. The van der Waals surface area contributed by atoms with Crippen LogP contribution in [0.4, 0.5) is 0 Å². The smallest absolute Gasteiger partial charge is 0.260 e. The fourth-order valence-electron chi connectivity index (χ4n) is 3.91. The van der Waals surface area contributed by atoms with Gasteiger partial charge in [0.15, 0.2) is 6.61 Å². The standard InChI is InChI=1S/C20H26N4O3/c25-19(14-27-20-17-6-1-2-7-18(17)21-15-22-20)24-8-4-3-5-16(24)13-23-9-11-26-12-10-23/h1-2,6-7,15-16H,3-5,8-14H2. The molecule has 27 heavy (non-hydrogen) atoms. The maximum Gasteiger partial charge on any atom is 0.260 e. The van der Waals surface area contributed by atoms with Crippen molar-refractivity contribution < 1.29 is 14.3 Å². The summed E-state index contributed by atoms with van der Waals surface area (Å²) in [6, 6.07) is 7.93. The van der Waals surface area contributed by atoms with Gasteiger partial charge in [0.1, 0.15) is 6.33 Å². The van der Waals surface area contributed by atoms with E-state index in [-0.39, 0.29) is 18.6 Å². The first kappa shape index (κ1) is 18.1. The van der Waals surface area contributed by atoms with Gasteiger partial charge < -0.3 is 14.4 Å². The van der Waals surface area contributed by atoms with Gasteiger partial charge in [-0.15, -0.1) is 0 Å². The van der Waals surface area contributed by atoms with E-state index in [1.54, 1.807) is 0 Å². The summed E-state index contributed by atoms with van der Waals surface area (Å²) < 4.78 is 11.2. The lowest BCUT2D eigenvalue weighted by atomic mass is 10.0. The Kier molecular flexibility index (Phi) is 5.79. The summed E-state index contributed by atoms with van der Waals surface area (Å²) in [5.41, 5.74) is 0.818. The molecule has 2 aromatic rings. The van der Waals surface area contributed by atoms with Crippen molar-refractivity contribution in [3.63, 3.8) is 0 Å². The van der Waals surface area contributed by atoms with Gasteiger partial charge in [-0.3, -0.25) is 9.69 Å². The van der Waals surface area contributed by atoms with Gasteiger partial charge in [0.25, 0.3) is 5.91 Å². The fraction of sp³-hybridized carbons (Fsp3) is 0.550. The minimum absolute atomic E-state index is 0.0145. The Morgan fingerprint density at radius 1 is 1.15 bits per heavy atom. The molecule has 3 heterocycles. The highest BCUT2D eigenvalue weighted by atomic mass is 16.5. The van der Waals surface area contributed by atoms with Crippen LogP contribution in [-0.2, 0) is 9.53 Å². The molecule has 2 aliphatic heterocycles. The molecule has 0 spiro atoms. The number of morpholine rings is 1. The number of para-hydroxylation sites is 1. The quantitative estimate of drug-likeness (QED) is 0.798. The zero-order valence-corrected chi connectivity index (χ0v) is 15.5. The van der Waals surface area contributed by atoms with E-state index in [9.17, 15) is 4.79 Å². The van der Waals surface area contributed by atoms with Crippen LogP contribution in [0.1, 0.15) is 19.3 Å². The molecule has 0 bridgehead atoms. The first-order valence-electron chi connectivity index (χ1n) is 9.73. The Balaban J connectivity index is 1.39. The Morgan fingerprint density at radius 3 is 2.89 bits per heavy atom. The first-order valence-corrected chi connectivity index (χ1v) is 9.73. The molecule has 0 N–H and O–H groups in total. The number of hydrogen-bond donors (Lipinski definition) is 0. The Morgan fingerprint density at radius 2 is 2.00 bits per heavy atom. The molecule has 1 aromatic carbocycles. The van der Waals surface area contributed by atoms with Gasteiger partial charge in [-0.05, 0) is 31.4 Å². The third-order valence-corrected chi connectivity index (χ3v) is 5.36. The second-order valence-corrected chi connectivity index (χ2v) is 7.13. The minimum atomic E-state index is 0.0145. The monoisotopic (exact) mass is 370 g/mol. The summed E-state index contributed by atoms with van der Waals surface area (Å²) in [4.78, 5) is 25.7. The SMILES string of the molecule is O=C(COc1ncnc2ccccc12)N1CCCCC1CN1CCOCC1. The van der Waals surface area contributed by atoms with Crippen LogP contribution in [0.15, 0.2) is 30.6 Å². The minimum Gasteiger partial charge on any atom is -0.467 e. The lowest BCUT2D eigenvalue weighted by molar-refractivity contribution is -0.137. The lowest BCUT2D eigenvalue weighted by Gasteiger charge is -2.39. The van der Waals surface area contributed by atoms with E-state index in [2.05, 4.69) is 14.9 Å². The first-order chi connectivity index (χ1) is 13.3. The number of piperidine rings is 1. The largest absolute Gasteiger partial charge is 0.467 e. The number of aromatic nitrogens is 2. The summed E-state index contributed by atoms with van der Waals surface area (Å²) in [5.74, 6) is 0.506. The van der Waals surface area contributed by atoms with E-state index in [4.69, 9.17) is 9.47 Å². The van der Waals surface area contributed by atoms with Gasteiger partial charge in [0, 0.05) is 32.2 Å². The van der Waals surface area contributed by atoms with Gasteiger partial charge in [-0.2, -0.15) is 0 Å². The van der Waals surface area contributed by atoms with Crippen molar-refractivity contribution in [3.05, 3.63) is 30.6 Å². The third-order valence-electron chi connectivity index (χ3n) is 5.36. The summed E-state index contributed by atoms with van der Waals surface area (Å²) in [6.07, 6.45) is 4.77. The molecular formula is C20H26N4O3. The number of rotatable bonds is 5. The van der Waals surface area contributed by atoms with E-state index in [1.165, 1.54) is 12.7 Å². The zero-order chi connectivity index (χ0) is 18.5. The Bertz CT molecular complexity index is 773. The van der Waals surface area contributed by atoms with E-state index in [0.717, 1.165) is 63.1 Å². The number of hydrogen-bond acceptors (Lipinski definition) is 6. The molecule has 7 heteroatoms. The molecule has 0 radical (unpaired) electrons. The molecule has 1 aromatic heterocycles. The highest BCUT2D eigenvalue weighted by Crippen LogP contribution is 2.22. The van der Waals surface area contributed by atoms with Gasteiger partial charge >= 0.3 is 0 Å². The second-order valence-electron chi connectivity index (χ2n) is 7.13. The fourth-order valence-corrected chi connectivity index (χ4v) is 3.91. The number of amides is 1. The molecule has 1 amide bonds. The van der Waals surface area contributed by atoms with Crippen molar-refractivity contribution in [1.82, 2.24) is 19.8 Å². The van der Waals surface area contributed by atoms with E-state index in [1.807, 2.05) is 29.2 Å². The second kappa shape index (κ2) is 8.63. The molecule has 1 unspecified atom stereocenters. The number of fused-ring (bicyclic) bond motifs is 1. The van der Waals surface area contributed by atoms with E-state index >= 15 is 0 Å². The van der Waals surface area contributed by atoms with Crippen LogP contribution in [0, 0.1) is 0 Å². The van der Waals surface area contributed by atoms with Crippen LogP contribution in [0.25, 0.3) is 10.9 Å². The number of benzene rings is 1. The van der Waals surface area contributed by atoms with E-state index in [0.29, 0.717) is 5.88 Å². The van der Waals surface area contributed by atoms with Gasteiger partial charge in [0.2, 0.25) is 5.88 Å². The molecule has 2 fully saturated rings. The average Bonchev–Trinajstić information content (AvgIpc) is 2.73. The van der Waals surface area contributed by atoms with Crippen molar-refractivity contribution in [2.45, 2.75) is 25.3 Å². The van der Waals surface area contributed by atoms with Crippen molar-refractivity contribution in [2.24, 2.45) is 0 Å². The van der Waals surface area contributed by atoms with Gasteiger partial charge in [-0.25, -0.2) is 9.97 Å². The average molecular weight is 370 g/mol. The molecule has 2 saturated heterocycles. The zero-order valence-electron chi connectivity index (χ0n) is 15.5. The molecule has 0 aliphatic carbocycles. The van der Waals surface area contributed by atoms with Crippen molar-refractivity contribution in [3.8, 4) is 5.88 Å². The van der Waals surface area contributed by atoms with Gasteiger partial charge in [0.05, 0.1) is 24.1 Å². The number of carbonyl (C=O) groups is 1. The summed E-state index contributed by atoms with van der Waals surface area (Å²) in [5, 5.41) is 0.830. The van der Waals surface area contributed by atoms with Crippen LogP contribution in [0.3, 0.4) is 0 Å². The summed E-state index contributed by atoms with van der Waals surface area (Å²) in [6.45, 7) is 5.20. The van der Waals surface area contributed by atoms with Crippen LogP contribution in [0.5, 0.6) is 5.88 Å². The number of carbonyl (C=O) groups excluding carboxylic acids is 1. The van der Waals surface area contributed by atoms with Crippen LogP contribution in [0.2, 0.25) is 0 Å². The predicted molar refractivity (Wildman–Crippen MR) is 102 cm³/mol. The lowest BCUT2D eigenvalue weighted by Crippen LogP contribution is -2.52. The predicted octanol–water partition coefficient (Wildman–Crippen LogP) is 1.72. The van der Waals surface area contributed by atoms with Crippen LogP contribution >= 0.6 is 0 Å². The number of ether oxygens (including phenoxy) is 2. The molecular weight excluding hydrogens is 344 g/mol. The number of nitrogens with zero attached hydrogens (tertiary/aromatic N) is 4. The van der Waals surface area contributed by atoms with Crippen molar-refractivity contribution in [2.75, 3.05) is 46.0 Å². The van der Waals surface area contributed by atoms with E-state index < -0.39 is 0 Å². The van der Waals surface area contributed by atoms with Crippen molar-refractivity contribution >= 4 is 16.8 Å². The molecule has 144 valence electrons. The maximum absolute atomic E-state index is 12.9. The Hall–Kier alpha value is -2.25. The highest BCUT2D eigenvalue weighted by molar-refractivity contribution is 5.84. The summed E-state index contributed by atoms with van der Waals surface area (Å²) in [7, 11) is 0. The van der Waals surface area contributed by atoms with Crippen LogP contribution in [-0.4, -0.2) is 77.7 Å². The molecule has 0 saturated carbocycles. The topological polar surface area (TPSA) is 67.8 Å². The van der Waals surface area contributed by atoms with Crippen molar-refractivity contribution in [1.29, 1.82) is 0 Å². The third kappa shape index (κ3) is 4.36. The van der Waals surface area contributed by atoms with Gasteiger partial charge in [-0.1, -0.05) is 12.1 Å².